The lowest BCUT2D eigenvalue weighted by Gasteiger charge is -2.36. The Morgan fingerprint density at radius 2 is 2.56 bits per heavy atom. The molecule has 1 fully saturated rings. The SMILES string of the molecule is CCNC1(C#N)CCCC(n2ccnc2)C1. The van der Waals surface area contributed by atoms with E-state index in [9.17, 15) is 5.26 Å². The molecular formula is C12H18N4. The molecule has 0 saturated heterocycles. The monoisotopic (exact) mass is 218 g/mol. The Morgan fingerprint density at radius 3 is 3.19 bits per heavy atom. The molecule has 2 unspecified atom stereocenters. The molecule has 0 aliphatic heterocycles. The zero-order chi connectivity index (χ0) is 11.4. The predicted molar refractivity (Wildman–Crippen MR) is 61.8 cm³/mol. The van der Waals surface area contributed by atoms with Gasteiger partial charge in [0, 0.05) is 18.4 Å². The van der Waals surface area contributed by atoms with Crippen molar-refractivity contribution in [3.8, 4) is 6.07 Å². The summed E-state index contributed by atoms with van der Waals surface area (Å²) in [5.41, 5.74) is -0.331. The highest BCUT2D eigenvalue weighted by Crippen LogP contribution is 2.34. The van der Waals surface area contributed by atoms with E-state index >= 15 is 0 Å². The van der Waals surface area contributed by atoms with Gasteiger partial charge >= 0.3 is 0 Å². The zero-order valence-electron chi connectivity index (χ0n) is 9.69. The smallest absolute Gasteiger partial charge is 0.108 e. The molecule has 86 valence electrons. The first-order valence-corrected chi connectivity index (χ1v) is 5.93. The molecule has 0 bridgehead atoms. The Balaban J connectivity index is 2.12. The van der Waals surface area contributed by atoms with Crippen LogP contribution in [-0.4, -0.2) is 21.6 Å². The van der Waals surface area contributed by atoms with Gasteiger partial charge in [-0.3, -0.25) is 5.32 Å². The highest BCUT2D eigenvalue weighted by atomic mass is 15.1. The molecule has 16 heavy (non-hydrogen) atoms. The number of aromatic nitrogens is 2. The number of hydrogen-bond acceptors (Lipinski definition) is 3. The fourth-order valence-electron chi connectivity index (χ4n) is 2.63. The minimum atomic E-state index is -0.331. The lowest BCUT2D eigenvalue weighted by molar-refractivity contribution is 0.233. The second-order valence-electron chi connectivity index (χ2n) is 4.48. The highest BCUT2D eigenvalue weighted by molar-refractivity contribution is 5.10. The highest BCUT2D eigenvalue weighted by Gasteiger charge is 2.36. The third-order valence-electron chi connectivity index (χ3n) is 3.40. The van der Waals surface area contributed by atoms with Crippen LogP contribution < -0.4 is 5.32 Å². The van der Waals surface area contributed by atoms with Crippen molar-refractivity contribution in [3.63, 3.8) is 0 Å². The van der Waals surface area contributed by atoms with Crippen LogP contribution in [0.25, 0.3) is 0 Å². The fourth-order valence-corrected chi connectivity index (χ4v) is 2.63. The topological polar surface area (TPSA) is 53.6 Å². The normalized spacial score (nSPS) is 29.9. The lowest BCUT2D eigenvalue weighted by atomic mass is 9.80. The van der Waals surface area contributed by atoms with Crippen molar-refractivity contribution in [2.45, 2.75) is 44.2 Å². The summed E-state index contributed by atoms with van der Waals surface area (Å²) in [6, 6.07) is 2.88. The van der Waals surface area contributed by atoms with Crippen molar-refractivity contribution in [1.29, 1.82) is 5.26 Å². The summed E-state index contributed by atoms with van der Waals surface area (Å²) < 4.78 is 2.13. The summed E-state index contributed by atoms with van der Waals surface area (Å²) in [5, 5.41) is 12.7. The van der Waals surface area contributed by atoms with Crippen LogP contribution in [0.15, 0.2) is 18.7 Å². The van der Waals surface area contributed by atoms with Crippen LogP contribution >= 0.6 is 0 Å². The van der Waals surface area contributed by atoms with Gasteiger partial charge in [-0.25, -0.2) is 4.98 Å². The number of nitriles is 1. The van der Waals surface area contributed by atoms with Gasteiger partial charge in [0.15, 0.2) is 0 Å². The van der Waals surface area contributed by atoms with Crippen LogP contribution in [0.4, 0.5) is 0 Å². The Labute approximate surface area is 96.3 Å². The molecule has 1 aliphatic carbocycles. The van der Waals surface area contributed by atoms with Crippen molar-refractivity contribution in [3.05, 3.63) is 18.7 Å². The van der Waals surface area contributed by atoms with Gasteiger partial charge < -0.3 is 4.57 Å². The van der Waals surface area contributed by atoms with Gasteiger partial charge in [-0.1, -0.05) is 6.92 Å². The molecule has 1 aliphatic rings. The van der Waals surface area contributed by atoms with Gasteiger partial charge in [-0.15, -0.1) is 0 Å². The number of nitrogens with zero attached hydrogens (tertiary/aromatic N) is 3. The molecule has 1 aromatic heterocycles. The molecule has 1 aromatic rings. The molecule has 0 aromatic carbocycles. The third-order valence-corrected chi connectivity index (χ3v) is 3.40. The zero-order valence-corrected chi connectivity index (χ0v) is 9.69. The molecule has 2 atom stereocenters. The van der Waals surface area contributed by atoms with E-state index in [2.05, 4.69) is 27.9 Å². The van der Waals surface area contributed by atoms with E-state index in [1.165, 1.54) is 0 Å². The van der Waals surface area contributed by atoms with E-state index in [0.29, 0.717) is 6.04 Å². The maximum atomic E-state index is 9.35. The second-order valence-corrected chi connectivity index (χ2v) is 4.48. The van der Waals surface area contributed by atoms with Crippen LogP contribution in [-0.2, 0) is 0 Å². The molecule has 0 amide bonds. The fraction of sp³-hybridized carbons (Fsp3) is 0.667. The van der Waals surface area contributed by atoms with E-state index in [1.807, 2.05) is 12.5 Å². The first-order valence-electron chi connectivity index (χ1n) is 5.93. The first-order chi connectivity index (χ1) is 7.79. The Bertz CT molecular complexity index is 361. The first kappa shape index (κ1) is 11.2. The summed E-state index contributed by atoms with van der Waals surface area (Å²) >= 11 is 0. The van der Waals surface area contributed by atoms with Crippen molar-refractivity contribution in [1.82, 2.24) is 14.9 Å². The van der Waals surface area contributed by atoms with Gasteiger partial charge in [0.2, 0.25) is 0 Å². The van der Waals surface area contributed by atoms with E-state index < -0.39 is 0 Å². The lowest BCUT2D eigenvalue weighted by Crippen LogP contribution is -2.47. The Morgan fingerprint density at radius 1 is 1.69 bits per heavy atom. The van der Waals surface area contributed by atoms with Crippen LogP contribution in [0.3, 0.4) is 0 Å². The molecule has 4 nitrogen and oxygen atoms in total. The Hall–Kier alpha value is -1.34. The van der Waals surface area contributed by atoms with Gasteiger partial charge in [0.05, 0.1) is 12.4 Å². The largest absolute Gasteiger partial charge is 0.334 e. The summed E-state index contributed by atoms with van der Waals surface area (Å²) in [6.45, 7) is 2.91. The van der Waals surface area contributed by atoms with Gasteiger partial charge in [0.1, 0.15) is 5.54 Å². The third kappa shape index (κ3) is 2.10. The molecule has 1 N–H and O–H groups in total. The quantitative estimate of drug-likeness (QED) is 0.842. The molecule has 1 heterocycles. The molecule has 1 saturated carbocycles. The maximum absolute atomic E-state index is 9.35. The number of nitrogens with one attached hydrogen (secondary N) is 1. The molecule has 0 spiro atoms. The number of rotatable bonds is 3. The van der Waals surface area contributed by atoms with E-state index in [1.54, 1.807) is 6.20 Å². The van der Waals surface area contributed by atoms with Crippen LogP contribution in [0.2, 0.25) is 0 Å². The van der Waals surface area contributed by atoms with E-state index in [0.717, 1.165) is 32.2 Å². The van der Waals surface area contributed by atoms with Crippen LogP contribution in [0.5, 0.6) is 0 Å². The van der Waals surface area contributed by atoms with E-state index in [4.69, 9.17) is 0 Å². The standard InChI is InChI=1S/C12H18N4/c1-2-15-12(9-13)5-3-4-11(8-12)16-7-6-14-10-16/h6-7,10-11,15H,2-5,8H2,1H3. The van der Waals surface area contributed by atoms with Crippen molar-refractivity contribution >= 4 is 0 Å². The van der Waals surface area contributed by atoms with Crippen LogP contribution in [0.1, 0.15) is 38.6 Å². The minimum absolute atomic E-state index is 0.331. The number of imidazole rings is 1. The van der Waals surface area contributed by atoms with E-state index in [-0.39, 0.29) is 5.54 Å². The number of hydrogen-bond donors (Lipinski definition) is 1. The molecule has 2 rings (SSSR count). The van der Waals surface area contributed by atoms with Gasteiger partial charge in [0.25, 0.3) is 0 Å². The van der Waals surface area contributed by atoms with Crippen molar-refractivity contribution in [2.75, 3.05) is 6.54 Å². The molecule has 0 radical (unpaired) electrons. The summed E-state index contributed by atoms with van der Waals surface area (Å²) in [5.74, 6) is 0. The van der Waals surface area contributed by atoms with Crippen molar-refractivity contribution in [2.24, 2.45) is 0 Å². The van der Waals surface area contributed by atoms with Gasteiger partial charge in [-0.2, -0.15) is 5.26 Å². The summed E-state index contributed by atoms with van der Waals surface area (Å²) in [6.07, 6.45) is 9.73. The molecular weight excluding hydrogens is 200 g/mol. The minimum Gasteiger partial charge on any atom is -0.334 e. The average molecular weight is 218 g/mol. The average Bonchev–Trinajstić information content (AvgIpc) is 2.83. The van der Waals surface area contributed by atoms with Crippen molar-refractivity contribution < 1.29 is 0 Å². The Kier molecular flexibility index (Phi) is 3.25. The van der Waals surface area contributed by atoms with Crippen LogP contribution in [0, 0.1) is 11.3 Å². The maximum Gasteiger partial charge on any atom is 0.108 e. The van der Waals surface area contributed by atoms with Gasteiger partial charge in [-0.05, 0) is 32.2 Å². The summed E-state index contributed by atoms with van der Waals surface area (Å²) in [4.78, 5) is 4.08. The second kappa shape index (κ2) is 4.67. The summed E-state index contributed by atoms with van der Waals surface area (Å²) in [7, 11) is 0. The molecule has 4 heteroatoms. The predicted octanol–water partition coefficient (Wildman–Crippen LogP) is 1.87.